The second kappa shape index (κ2) is 12.4. The van der Waals surface area contributed by atoms with Crippen LogP contribution >= 0.6 is 0 Å². The van der Waals surface area contributed by atoms with Gasteiger partial charge in [0.15, 0.2) is 0 Å². The lowest BCUT2D eigenvalue weighted by Gasteiger charge is -2.25. The number of likely N-dealkylation sites (tertiary alicyclic amines) is 1. The van der Waals surface area contributed by atoms with Crippen LogP contribution in [0, 0.1) is 5.92 Å². The Hall–Kier alpha value is -3.88. The van der Waals surface area contributed by atoms with Crippen molar-refractivity contribution in [2.24, 2.45) is 5.92 Å². The van der Waals surface area contributed by atoms with Gasteiger partial charge in [0, 0.05) is 38.2 Å². The zero-order valence-electron chi connectivity index (χ0n) is 21.9. The molecule has 37 heavy (non-hydrogen) atoms. The summed E-state index contributed by atoms with van der Waals surface area (Å²) in [6.45, 7) is 7.97. The smallest absolute Gasteiger partial charge is 0.407 e. The van der Waals surface area contributed by atoms with Crippen molar-refractivity contribution >= 4 is 29.5 Å². The number of para-hydroxylation sites is 1. The molecule has 0 spiro atoms. The molecule has 3 N–H and O–H groups in total. The van der Waals surface area contributed by atoms with Crippen LogP contribution in [0.2, 0.25) is 0 Å². The molecule has 1 aliphatic rings. The molecule has 0 aliphatic carbocycles. The molecular formula is C28H36N4O5. The first-order chi connectivity index (χ1) is 17.5. The third-order valence-electron chi connectivity index (χ3n) is 6.05. The number of nitrogens with zero attached hydrogens (tertiary/aromatic N) is 1. The molecule has 2 aromatic carbocycles. The number of amides is 4. The van der Waals surface area contributed by atoms with Gasteiger partial charge in [-0.25, -0.2) is 4.79 Å². The molecule has 3 rings (SSSR count). The van der Waals surface area contributed by atoms with Gasteiger partial charge in [-0.3, -0.25) is 14.4 Å². The van der Waals surface area contributed by atoms with Crippen LogP contribution in [0.5, 0.6) is 0 Å². The topological polar surface area (TPSA) is 117 Å². The van der Waals surface area contributed by atoms with E-state index < -0.39 is 17.6 Å². The van der Waals surface area contributed by atoms with E-state index in [4.69, 9.17) is 4.74 Å². The monoisotopic (exact) mass is 508 g/mol. The number of benzene rings is 2. The molecule has 198 valence electrons. The molecule has 0 saturated carbocycles. The lowest BCUT2D eigenvalue weighted by molar-refractivity contribution is -0.129. The van der Waals surface area contributed by atoms with Crippen molar-refractivity contribution in [3.63, 3.8) is 0 Å². The Morgan fingerprint density at radius 3 is 2.41 bits per heavy atom. The maximum absolute atomic E-state index is 13.0. The lowest BCUT2D eigenvalue weighted by Crippen LogP contribution is -2.35. The second-order valence-corrected chi connectivity index (χ2v) is 10.1. The Bertz CT molecular complexity index is 1110. The molecule has 1 heterocycles. The van der Waals surface area contributed by atoms with Gasteiger partial charge in [0.25, 0.3) is 0 Å². The summed E-state index contributed by atoms with van der Waals surface area (Å²) in [4.78, 5) is 51.4. The summed E-state index contributed by atoms with van der Waals surface area (Å²) in [6.07, 6.45) is -0.324. The summed E-state index contributed by atoms with van der Waals surface area (Å²) in [6, 6.07) is 16.8. The van der Waals surface area contributed by atoms with Gasteiger partial charge >= 0.3 is 6.09 Å². The van der Waals surface area contributed by atoms with Crippen LogP contribution in [0.4, 0.5) is 10.5 Å². The minimum Gasteiger partial charge on any atom is -0.444 e. The van der Waals surface area contributed by atoms with Gasteiger partial charge in [-0.05, 0) is 44.9 Å². The summed E-state index contributed by atoms with van der Waals surface area (Å²) in [5.41, 5.74) is 1.74. The molecule has 0 aromatic heterocycles. The van der Waals surface area contributed by atoms with Crippen molar-refractivity contribution in [3.8, 4) is 0 Å². The minimum absolute atomic E-state index is 0.0444. The maximum atomic E-state index is 13.0. The first-order valence-corrected chi connectivity index (χ1v) is 12.5. The molecule has 9 nitrogen and oxygen atoms in total. The van der Waals surface area contributed by atoms with Crippen LogP contribution in [-0.2, 0) is 25.7 Å². The van der Waals surface area contributed by atoms with Gasteiger partial charge in [-0.1, -0.05) is 48.5 Å². The van der Waals surface area contributed by atoms with Crippen molar-refractivity contribution < 1.29 is 23.9 Å². The Morgan fingerprint density at radius 1 is 1.03 bits per heavy atom. The molecule has 1 fully saturated rings. The molecule has 1 aliphatic heterocycles. The molecular weight excluding hydrogens is 472 g/mol. The van der Waals surface area contributed by atoms with Crippen molar-refractivity contribution in [1.82, 2.24) is 15.5 Å². The van der Waals surface area contributed by atoms with Crippen molar-refractivity contribution in [2.75, 3.05) is 18.4 Å². The quantitative estimate of drug-likeness (QED) is 0.477. The predicted octanol–water partition coefficient (Wildman–Crippen LogP) is 3.77. The van der Waals surface area contributed by atoms with Crippen molar-refractivity contribution in [2.45, 2.75) is 58.7 Å². The lowest BCUT2D eigenvalue weighted by atomic mass is 10.1. The number of alkyl carbamates (subject to hydrolysis) is 1. The summed E-state index contributed by atoms with van der Waals surface area (Å²) in [7, 11) is 0. The van der Waals surface area contributed by atoms with E-state index in [0.29, 0.717) is 12.2 Å². The highest BCUT2D eigenvalue weighted by atomic mass is 16.6. The van der Waals surface area contributed by atoms with Crippen LogP contribution in [0.25, 0.3) is 0 Å². The summed E-state index contributed by atoms with van der Waals surface area (Å²) < 4.78 is 5.15. The van der Waals surface area contributed by atoms with E-state index in [1.165, 1.54) is 0 Å². The van der Waals surface area contributed by atoms with Crippen molar-refractivity contribution in [1.29, 1.82) is 0 Å². The van der Waals surface area contributed by atoms with E-state index in [0.717, 1.165) is 11.1 Å². The second-order valence-electron chi connectivity index (χ2n) is 10.1. The molecule has 0 radical (unpaired) electrons. The standard InChI is InChI=1S/C28H36N4O5/c1-19(20-10-6-5-7-11-20)32-18-22(16-25(32)34)26(35)31-23-13-9-8-12-21(23)17-30-24(33)14-15-29-27(36)37-28(2,3)4/h5-13,19,22H,14-18H2,1-4H3,(H,29,36)(H,30,33)(H,31,35). The van der Waals surface area contributed by atoms with Gasteiger partial charge in [-0.15, -0.1) is 0 Å². The summed E-state index contributed by atoms with van der Waals surface area (Å²) in [5, 5.41) is 8.29. The summed E-state index contributed by atoms with van der Waals surface area (Å²) >= 11 is 0. The van der Waals surface area contributed by atoms with E-state index in [2.05, 4.69) is 16.0 Å². The number of carbonyl (C=O) groups is 4. The van der Waals surface area contributed by atoms with E-state index in [1.807, 2.05) is 49.4 Å². The fourth-order valence-electron chi connectivity index (χ4n) is 4.10. The molecule has 2 atom stereocenters. The maximum Gasteiger partial charge on any atom is 0.407 e. The highest BCUT2D eigenvalue weighted by Crippen LogP contribution is 2.29. The number of rotatable bonds is 9. The Morgan fingerprint density at radius 2 is 1.70 bits per heavy atom. The number of hydrogen-bond acceptors (Lipinski definition) is 5. The highest BCUT2D eigenvalue weighted by molar-refractivity contribution is 5.97. The van der Waals surface area contributed by atoms with Crippen LogP contribution in [0.3, 0.4) is 0 Å². The van der Waals surface area contributed by atoms with Crippen LogP contribution in [0.1, 0.15) is 57.7 Å². The molecule has 2 aromatic rings. The number of anilines is 1. The Labute approximate surface area is 217 Å². The van der Waals surface area contributed by atoms with Crippen molar-refractivity contribution in [3.05, 3.63) is 65.7 Å². The molecule has 2 unspecified atom stereocenters. The van der Waals surface area contributed by atoms with Gasteiger partial charge < -0.3 is 25.6 Å². The number of ether oxygens (including phenoxy) is 1. The van der Waals surface area contributed by atoms with Gasteiger partial charge in [0.1, 0.15) is 5.60 Å². The third-order valence-corrected chi connectivity index (χ3v) is 6.05. The average molecular weight is 509 g/mol. The van der Waals surface area contributed by atoms with Gasteiger partial charge in [0.2, 0.25) is 17.7 Å². The fourth-order valence-corrected chi connectivity index (χ4v) is 4.10. The average Bonchev–Trinajstić information content (AvgIpc) is 3.24. The highest BCUT2D eigenvalue weighted by Gasteiger charge is 2.37. The van der Waals surface area contributed by atoms with E-state index in [-0.39, 0.29) is 49.7 Å². The number of carbonyl (C=O) groups excluding carboxylic acids is 4. The molecule has 4 amide bonds. The SMILES string of the molecule is CC(c1ccccc1)N1CC(C(=O)Nc2ccccc2CNC(=O)CCNC(=O)OC(C)(C)C)CC1=O. The van der Waals surface area contributed by atoms with E-state index in [1.54, 1.807) is 37.8 Å². The van der Waals surface area contributed by atoms with E-state index in [9.17, 15) is 19.2 Å². The van der Waals surface area contributed by atoms with Gasteiger partial charge in [0.05, 0.1) is 12.0 Å². The number of nitrogens with one attached hydrogen (secondary N) is 3. The Balaban J connectivity index is 1.50. The van der Waals surface area contributed by atoms with Crippen LogP contribution < -0.4 is 16.0 Å². The first kappa shape index (κ1) is 27.7. The zero-order chi connectivity index (χ0) is 27.0. The minimum atomic E-state index is -0.606. The predicted molar refractivity (Wildman–Crippen MR) is 140 cm³/mol. The molecule has 9 heteroatoms. The largest absolute Gasteiger partial charge is 0.444 e. The first-order valence-electron chi connectivity index (χ1n) is 12.5. The molecule has 1 saturated heterocycles. The van der Waals surface area contributed by atoms with Crippen LogP contribution in [-0.4, -0.2) is 47.4 Å². The fraction of sp³-hybridized carbons (Fsp3) is 0.429. The van der Waals surface area contributed by atoms with Gasteiger partial charge in [-0.2, -0.15) is 0 Å². The van der Waals surface area contributed by atoms with Crippen LogP contribution in [0.15, 0.2) is 54.6 Å². The normalized spacial score (nSPS) is 16.2. The number of hydrogen-bond donors (Lipinski definition) is 3. The Kier molecular flexibility index (Phi) is 9.27. The zero-order valence-corrected chi connectivity index (χ0v) is 21.9. The van der Waals surface area contributed by atoms with E-state index >= 15 is 0 Å². The summed E-state index contributed by atoms with van der Waals surface area (Å²) in [5.74, 6) is -0.974. The third kappa shape index (κ3) is 8.34. The molecule has 0 bridgehead atoms.